The summed E-state index contributed by atoms with van der Waals surface area (Å²) in [6.45, 7) is 3.83. The topological polar surface area (TPSA) is 46.2 Å². The van der Waals surface area contributed by atoms with Crippen LogP contribution in [0.1, 0.15) is 5.56 Å². The highest BCUT2D eigenvalue weighted by Gasteiger charge is 2.03. The largest absolute Gasteiger partial charge is 0.352 e. The van der Waals surface area contributed by atoms with Gasteiger partial charge in [-0.15, -0.1) is 0 Å². The van der Waals surface area contributed by atoms with Gasteiger partial charge in [-0.2, -0.15) is 0 Å². The molecule has 0 unspecified atom stereocenters. The van der Waals surface area contributed by atoms with Crippen LogP contribution in [0.2, 0.25) is 0 Å². The third-order valence-corrected chi connectivity index (χ3v) is 1.98. The molecule has 0 atom stereocenters. The van der Waals surface area contributed by atoms with Gasteiger partial charge >= 0.3 is 0 Å². The molecule has 3 nitrogen and oxygen atoms in total. The number of benzene rings is 1. The molecule has 0 aliphatic heterocycles. The van der Waals surface area contributed by atoms with Crippen molar-refractivity contribution in [3.8, 4) is 0 Å². The van der Waals surface area contributed by atoms with Crippen molar-refractivity contribution in [3.63, 3.8) is 0 Å². The molecule has 0 aromatic heterocycles. The average Bonchev–Trinajstić information content (AvgIpc) is 2.29. The molecule has 0 aliphatic carbocycles. The Bertz CT molecular complexity index is 357. The fourth-order valence-electron chi connectivity index (χ4n) is 1.13. The Kier molecular flexibility index (Phi) is 4.29. The molecular weight excluding hydrogens is 190 g/mol. The predicted molar refractivity (Wildman–Crippen MR) is 58.4 cm³/mol. The molecule has 1 N–H and O–H groups in total. The number of amides is 1. The van der Waals surface area contributed by atoms with Crippen molar-refractivity contribution in [3.05, 3.63) is 48.0 Å². The van der Waals surface area contributed by atoms with Gasteiger partial charge in [0.15, 0.2) is 6.29 Å². The van der Waals surface area contributed by atoms with Crippen LogP contribution in [0.3, 0.4) is 0 Å². The maximum Gasteiger partial charge on any atom is 0.253 e. The van der Waals surface area contributed by atoms with E-state index in [9.17, 15) is 9.59 Å². The van der Waals surface area contributed by atoms with Crippen LogP contribution in [0.25, 0.3) is 0 Å². The number of hydrogen-bond acceptors (Lipinski definition) is 2. The first-order chi connectivity index (χ1) is 7.24. The van der Waals surface area contributed by atoms with Gasteiger partial charge in [-0.25, -0.2) is 0 Å². The van der Waals surface area contributed by atoms with Crippen molar-refractivity contribution in [2.45, 2.75) is 6.42 Å². The number of hydrogen-bond donors (Lipinski definition) is 1. The second-order valence-electron chi connectivity index (χ2n) is 3.13. The number of carbonyl (C=O) groups is 2. The summed E-state index contributed by atoms with van der Waals surface area (Å²) in [4.78, 5) is 21.3. The summed E-state index contributed by atoms with van der Waals surface area (Å²) in [5.74, 6) is -0.402. The van der Waals surface area contributed by atoms with Crippen LogP contribution in [0.15, 0.2) is 42.5 Å². The molecule has 1 amide bonds. The third kappa shape index (κ3) is 3.77. The van der Waals surface area contributed by atoms with Crippen LogP contribution < -0.4 is 5.32 Å². The lowest BCUT2D eigenvalue weighted by molar-refractivity contribution is -0.119. The van der Waals surface area contributed by atoms with Crippen molar-refractivity contribution < 1.29 is 9.59 Å². The second-order valence-corrected chi connectivity index (χ2v) is 3.13. The van der Waals surface area contributed by atoms with Gasteiger partial charge in [0.2, 0.25) is 0 Å². The molecule has 0 bridgehead atoms. The summed E-state index contributed by atoms with van der Waals surface area (Å²) in [6, 6.07) is 9.81. The highest BCUT2D eigenvalue weighted by atomic mass is 16.2. The van der Waals surface area contributed by atoms with E-state index in [2.05, 4.69) is 11.9 Å². The summed E-state index contributed by atoms with van der Waals surface area (Å²) in [5, 5.41) is 2.61. The van der Waals surface area contributed by atoms with Gasteiger partial charge in [0, 0.05) is 6.54 Å². The van der Waals surface area contributed by atoms with E-state index in [1.165, 1.54) is 0 Å². The average molecular weight is 203 g/mol. The lowest BCUT2D eigenvalue weighted by atomic mass is 10.1. The van der Waals surface area contributed by atoms with Crippen LogP contribution in [-0.4, -0.2) is 18.7 Å². The Labute approximate surface area is 88.8 Å². The zero-order valence-corrected chi connectivity index (χ0v) is 8.40. The van der Waals surface area contributed by atoms with Crippen LogP contribution in [0.4, 0.5) is 0 Å². The van der Waals surface area contributed by atoms with Gasteiger partial charge in [-0.05, 0) is 12.0 Å². The number of rotatable bonds is 5. The highest BCUT2D eigenvalue weighted by molar-refractivity contribution is 6.09. The van der Waals surface area contributed by atoms with Gasteiger partial charge in [-0.3, -0.25) is 9.59 Å². The highest BCUT2D eigenvalue weighted by Crippen LogP contribution is 1.98. The minimum atomic E-state index is -0.402. The van der Waals surface area contributed by atoms with Crippen molar-refractivity contribution >= 4 is 12.2 Å². The van der Waals surface area contributed by atoms with Gasteiger partial charge in [-0.1, -0.05) is 36.9 Å². The molecule has 0 heterocycles. The Morgan fingerprint density at radius 2 is 2.00 bits per heavy atom. The molecule has 78 valence electrons. The van der Waals surface area contributed by atoms with Crippen molar-refractivity contribution in [1.82, 2.24) is 5.32 Å². The van der Waals surface area contributed by atoms with Crippen LogP contribution in [0, 0.1) is 0 Å². The summed E-state index contributed by atoms with van der Waals surface area (Å²) < 4.78 is 0. The first-order valence-corrected chi connectivity index (χ1v) is 4.70. The summed E-state index contributed by atoms with van der Waals surface area (Å²) in [6.07, 6.45) is 1.20. The standard InChI is InChI=1S/C12H13NO2/c1-10(9-14)12(15)13-8-7-11-5-3-2-4-6-11/h2-6,9H,1,7-8H2,(H,13,15). The minimum absolute atomic E-state index is 0.0388. The first kappa shape index (κ1) is 11.2. The van der Waals surface area contributed by atoms with E-state index in [-0.39, 0.29) is 5.57 Å². The van der Waals surface area contributed by atoms with Gasteiger partial charge in [0.05, 0.1) is 5.57 Å². The second kappa shape index (κ2) is 5.75. The molecule has 1 rings (SSSR count). The Hall–Kier alpha value is -1.90. The summed E-state index contributed by atoms with van der Waals surface area (Å²) in [5.41, 5.74) is 1.11. The third-order valence-electron chi connectivity index (χ3n) is 1.98. The molecule has 0 saturated carbocycles. The predicted octanol–water partition coefficient (Wildman–Crippen LogP) is 1.10. The van der Waals surface area contributed by atoms with Crippen LogP contribution in [-0.2, 0) is 16.0 Å². The van der Waals surface area contributed by atoms with Gasteiger partial charge < -0.3 is 5.32 Å². The van der Waals surface area contributed by atoms with Crippen molar-refractivity contribution in [1.29, 1.82) is 0 Å². The van der Waals surface area contributed by atoms with Gasteiger partial charge in [0.25, 0.3) is 5.91 Å². The fraction of sp³-hybridized carbons (Fsp3) is 0.167. The van der Waals surface area contributed by atoms with E-state index >= 15 is 0 Å². The smallest absolute Gasteiger partial charge is 0.253 e. The van der Waals surface area contributed by atoms with E-state index in [1.807, 2.05) is 30.3 Å². The van der Waals surface area contributed by atoms with Crippen LogP contribution in [0.5, 0.6) is 0 Å². The molecule has 1 aromatic rings. The zero-order valence-electron chi connectivity index (χ0n) is 8.40. The van der Waals surface area contributed by atoms with Crippen molar-refractivity contribution in [2.24, 2.45) is 0 Å². The normalized spacial score (nSPS) is 9.33. The van der Waals surface area contributed by atoms with E-state index in [0.717, 1.165) is 12.0 Å². The molecule has 0 spiro atoms. The fourth-order valence-corrected chi connectivity index (χ4v) is 1.13. The minimum Gasteiger partial charge on any atom is -0.352 e. The molecule has 0 fully saturated rings. The molecule has 0 radical (unpaired) electrons. The van der Waals surface area contributed by atoms with E-state index in [4.69, 9.17) is 0 Å². The summed E-state index contributed by atoms with van der Waals surface area (Å²) >= 11 is 0. The quantitative estimate of drug-likeness (QED) is 0.337. The van der Waals surface area contributed by atoms with E-state index in [0.29, 0.717) is 12.8 Å². The van der Waals surface area contributed by atoms with E-state index < -0.39 is 5.91 Å². The first-order valence-electron chi connectivity index (χ1n) is 4.70. The number of carbonyl (C=O) groups excluding carboxylic acids is 2. The van der Waals surface area contributed by atoms with Crippen LogP contribution >= 0.6 is 0 Å². The monoisotopic (exact) mass is 203 g/mol. The molecule has 3 heteroatoms. The van der Waals surface area contributed by atoms with E-state index in [1.54, 1.807) is 0 Å². The maximum absolute atomic E-state index is 11.1. The molecule has 0 aliphatic rings. The molecule has 0 saturated heterocycles. The van der Waals surface area contributed by atoms with Gasteiger partial charge in [0.1, 0.15) is 0 Å². The Morgan fingerprint density at radius 1 is 1.33 bits per heavy atom. The Balaban J connectivity index is 2.31. The number of nitrogens with one attached hydrogen (secondary N) is 1. The lowest BCUT2D eigenvalue weighted by Crippen LogP contribution is -2.27. The lowest BCUT2D eigenvalue weighted by Gasteiger charge is -2.03. The SMILES string of the molecule is C=C(C=O)C(=O)NCCc1ccccc1. The zero-order chi connectivity index (χ0) is 11.1. The number of aldehydes is 1. The van der Waals surface area contributed by atoms with Crippen molar-refractivity contribution in [2.75, 3.05) is 6.54 Å². The Morgan fingerprint density at radius 3 is 2.60 bits per heavy atom. The molecule has 1 aromatic carbocycles. The molecule has 15 heavy (non-hydrogen) atoms. The summed E-state index contributed by atoms with van der Waals surface area (Å²) in [7, 11) is 0. The maximum atomic E-state index is 11.1. The molecular formula is C12H13NO2.